The number of alkyl carbamates (subject to hydrolysis) is 1. The lowest BCUT2D eigenvalue weighted by Crippen LogP contribution is -2.68. The first-order chi connectivity index (χ1) is 20.8. The number of carbonyl (C=O) groups is 2. The van der Waals surface area contributed by atoms with E-state index in [4.69, 9.17) is 13.9 Å². The van der Waals surface area contributed by atoms with Gasteiger partial charge in [0.1, 0.15) is 11.6 Å². The Bertz CT molecular complexity index is 1370. The first kappa shape index (κ1) is 34.5. The van der Waals surface area contributed by atoms with Crippen LogP contribution in [0.25, 0.3) is 0 Å². The SMILES string of the molecule is COC(=O)C#C[C@H]([C@H](CO[Si](c1ccccc1)(c1ccccc1)C(C)(C)C)NC(=O)OC(C)(C)C)N(O)Cc1ccccc1. The predicted molar refractivity (Wildman–Crippen MR) is 174 cm³/mol. The highest BCUT2D eigenvalue weighted by molar-refractivity contribution is 6.99. The summed E-state index contributed by atoms with van der Waals surface area (Å²) in [5.74, 6) is 4.50. The van der Waals surface area contributed by atoms with Gasteiger partial charge in [-0.1, -0.05) is 118 Å². The molecule has 2 atom stereocenters. The van der Waals surface area contributed by atoms with Crippen molar-refractivity contribution in [3.05, 3.63) is 96.6 Å². The Morgan fingerprint density at radius 3 is 1.82 bits per heavy atom. The monoisotopic (exact) mass is 616 g/mol. The van der Waals surface area contributed by atoms with Crippen LogP contribution in [0.3, 0.4) is 0 Å². The van der Waals surface area contributed by atoms with Crippen LogP contribution in [0, 0.1) is 11.8 Å². The molecule has 3 aromatic rings. The zero-order valence-corrected chi connectivity index (χ0v) is 27.7. The van der Waals surface area contributed by atoms with Crippen molar-refractivity contribution >= 4 is 30.8 Å². The zero-order valence-electron chi connectivity index (χ0n) is 26.7. The average molecular weight is 617 g/mol. The molecule has 0 aliphatic carbocycles. The van der Waals surface area contributed by atoms with E-state index in [2.05, 4.69) is 62.2 Å². The minimum atomic E-state index is -3.05. The molecule has 0 spiro atoms. The third kappa shape index (κ3) is 9.28. The Hall–Kier alpha value is -3.94. The van der Waals surface area contributed by atoms with E-state index in [0.717, 1.165) is 21.0 Å². The lowest BCUT2D eigenvalue weighted by molar-refractivity contribution is -0.134. The second kappa shape index (κ2) is 15.2. The summed E-state index contributed by atoms with van der Waals surface area (Å²) >= 11 is 0. The fourth-order valence-corrected chi connectivity index (χ4v) is 9.67. The molecule has 0 fully saturated rings. The molecule has 0 aliphatic heterocycles. The van der Waals surface area contributed by atoms with Crippen molar-refractivity contribution in [3.8, 4) is 11.8 Å². The molecule has 0 aromatic heterocycles. The Balaban J connectivity index is 2.13. The number of rotatable bonds is 10. The number of methoxy groups -OCH3 is 1. The van der Waals surface area contributed by atoms with E-state index in [-0.39, 0.29) is 18.2 Å². The summed E-state index contributed by atoms with van der Waals surface area (Å²) in [6, 6.07) is 27.5. The molecule has 0 unspecified atom stereocenters. The van der Waals surface area contributed by atoms with Gasteiger partial charge in [-0.05, 0) is 41.7 Å². The average Bonchev–Trinajstić information content (AvgIpc) is 2.97. The maximum absolute atomic E-state index is 13.2. The minimum absolute atomic E-state index is 0.0428. The van der Waals surface area contributed by atoms with Gasteiger partial charge in [-0.15, -0.1) is 0 Å². The summed E-state index contributed by atoms with van der Waals surface area (Å²) < 4.78 is 17.5. The number of nitrogens with one attached hydrogen (secondary N) is 1. The maximum Gasteiger partial charge on any atom is 0.408 e. The minimum Gasteiger partial charge on any atom is -0.459 e. The van der Waals surface area contributed by atoms with Crippen molar-refractivity contribution in [3.63, 3.8) is 0 Å². The maximum atomic E-state index is 13.2. The van der Waals surface area contributed by atoms with E-state index >= 15 is 0 Å². The lowest BCUT2D eigenvalue weighted by Gasteiger charge is -2.44. The van der Waals surface area contributed by atoms with E-state index in [1.807, 2.05) is 66.7 Å². The van der Waals surface area contributed by atoms with Crippen molar-refractivity contribution in [2.75, 3.05) is 13.7 Å². The molecule has 9 heteroatoms. The molecule has 0 bridgehead atoms. The highest BCUT2D eigenvalue weighted by Crippen LogP contribution is 2.37. The van der Waals surface area contributed by atoms with Gasteiger partial charge < -0.3 is 24.4 Å². The van der Waals surface area contributed by atoms with Crippen LogP contribution >= 0.6 is 0 Å². The summed E-state index contributed by atoms with van der Waals surface area (Å²) in [5.41, 5.74) is 0.0349. The van der Waals surface area contributed by atoms with Crippen molar-refractivity contribution in [1.29, 1.82) is 0 Å². The predicted octanol–water partition coefficient (Wildman–Crippen LogP) is 4.89. The van der Waals surface area contributed by atoms with Crippen LogP contribution in [-0.4, -0.2) is 62.1 Å². The van der Waals surface area contributed by atoms with Gasteiger partial charge >= 0.3 is 12.1 Å². The smallest absolute Gasteiger partial charge is 0.408 e. The summed E-state index contributed by atoms with van der Waals surface area (Å²) in [7, 11) is -1.82. The van der Waals surface area contributed by atoms with Gasteiger partial charge in [0.15, 0.2) is 0 Å². The molecule has 0 radical (unpaired) electrons. The zero-order chi connectivity index (χ0) is 32.4. The number of amides is 1. The Morgan fingerprint density at radius 1 is 0.864 bits per heavy atom. The van der Waals surface area contributed by atoms with Gasteiger partial charge in [0, 0.05) is 5.92 Å². The van der Waals surface area contributed by atoms with Gasteiger partial charge in [0.05, 0.1) is 26.3 Å². The van der Waals surface area contributed by atoms with Gasteiger partial charge in [-0.2, -0.15) is 5.06 Å². The standard InChI is InChI=1S/C35H44N2O6Si/c1-34(2,3)43-33(39)36-30(31(23-24-32(38)41-7)37(40)25-27-17-11-8-12-18-27)26-42-44(35(4,5)6,28-19-13-9-14-20-28)29-21-15-10-16-22-29/h8-22,30-31,40H,25-26H2,1-7H3,(H,36,39)/t30-,31+/m0/s1. The third-order valence-electron chi connectivity index (χ3n) is 7.00. The molecule has 1 amide bonds. The second-order valence-corrected chi connectivity index (χ2v) is 16.8. The molecule has 0 saturated heterocycles. The van der Waals surface area contributed by atoms with Crippen molar-refractivity contribution in [2.45, 2.75) is 70.8 Å². The highest BCUT2D eigenvalue weighted by Gasteiger charge is 2.51. The normalized spacial score (nSPS) is 13.3. The highest BCUT2D eigenvalue weighted by atomic mass is 28.4. The molecule has 8 nitrogen and oxygen atoms in total. The summed E-state index contributed by atoms with van der Waals surface area (Å²) in [5, 5.41) is 17.1. The summed E-state index contributed by atoms with van der Waals surface area (Å²) in [6.45, 7) is 11.8. The van der Waals surface area contributed by atoms with E-state index < -0.39 is 38.1 Å². The van der Waals surface area contributed by atoms with Crippen LogP contribution in [0.1, 0.15) is 47.1 Å². The number of hydrogen-bond acceptors (Lipinski definition) is 7. The van der Waals surface area contributed by atoms with Crippen molar-refractivity contribution in [2.24, 2.45) is 0 Å². The molecule has 3 rings (SSSR count). The van der Waals surface area contributed by atoms with Gasteiger partial charge in [-0.25, -0.2) is 9.59 Å². The van der Waals surface area contributed by atoms with E-state index in [9.17, 15) is 14.8 Å². The van der Waals surface area contributed by atoms with E-state index in [1.54, 1.807) is 20.8 Å². The van der Waals surface area contributed by atoms with E-state index in [0.29, 0.717) is 0 Å². The van der Waals surface area contributed by atoms with Gasteiger partial charge in [-0.3, -0.25) is 0 Å². The summed E-state index contributed by atoms with van der Waals surface area (Å²) in [4.78, 5) is 25.3. The molecule has 234 valence electrons. The summed E-state index contributed by atoms with van der Waals surface area (Å²) in [6.07, 6.45) is -0.702. The molecule has 44 heavy (non-hydrogen) atoms. The van der Waals surface area contributed by atoms with Crippen LogP contribution in [0.4, 0.5) is 4.79 Å². The van der Waals surface area contributed by atoms with Crippen molar-refractivity contribution < 1.29 is 28.7 Å². The first-order valence-electron chi connectivity index (χ1n) is 14.6. The molecule has 0 heterocycles. The topological polar surface area (TPSA) is 97.3 Å². The Morgan fingerprint density at radius 2 is 1.36 bits per heavy atom. The largest absolute Gasteiger partial charge is 0.459 e. The lowest BCUT2D eigenvalue weighted by atomic mass is 10.1. The van der Waals surface area contributed by atoms with Crippen LogP contribution in [0.5, 0.6) is 0 Å². The Kier molecular flexibility index (Phi) is 11.9. The number of nitrogens with zero attached hydrogens (tertiary/aromatic N) is 1. The molecule has 3 aromatic carbocycles. The van der Waals surface area contributed by atoms with Crippen LogP contribution in [-0.2, 0) is 25.2 Å². The molecular formula is C35H44N2O6Si. The van der Waals surface area contributed by atoms with Crippen LogP contribution in [0.2, 0.25) is 5.04 Å². The Labute approximate surface area is 262 Å². The molecule has 0 aliphatic rings. The van der Waals surface area contributed by atoms with Gasteiger partial charge in [0.25, 0.3) is 8.32 Å². The van der Waals surface area contributed by atoms with Crippen LogP contribution < -0.4 is 15.7 Å². The molecular weight excluding hydrogens is 572 g/mol. The number of carbonyl (C=O) groups excluding carboxylic acids is 2. The van der Waals surface area contributed by atoms with Crippen molar-refractivity contribution in [1.82, 2.24) is 10.4 Å². The van der Waals surface area contributed by atoms with Gasteiger partial charge in [0.2, 0.25) is 0 Å². The third-order valence-corrected chi connectivity index (χ3v) is 12.0. The first-order valence-corrected chi connectivity index (χ1v) is 16.5. The number of ether oxygens (including phenoxy) is 2. The number of hydrogen-bond donors (Lipinski definition) is 2. The van der Waals surface area contributed by atoms with E-state index in [1.165, 1.54) is 7.11 Å². The molecule has 0 saturated carbocycles. The number of benzene rings is 3. The molecule has 2 N–H and O–H groups in total. The number of esters is 1. The fourth-order valence-electron chi connectivity index (χ4n) is 5.08. The fraction of sp³-hybridized carbons (Fsp3) is 0.371. The number of hydroxylamine groups is 2. The second-order valence-electron chi connectivity index (χ2n) is 12.5. The van der Waals surface area contributed by atoms with Crippen LogP contribution in [0.15, 0.2) is 91.0 Å². The quantitative estimate of drug-likeness (QED) is 0.110.